The fourth-order valence-corrected chi connectivity index (χ4v) is 3.42. The average Bonchev–Trinajstić information content (AvgIpc) is 2.46. The van der Waals surface area contributed by atoms with Gasteiger partial charge in [-0.1, -0.05) is 6.07 Å². The molecule has 112 valence electrons. The predicted molar refractivity (Wildman–Crippen MR) is 79.5 cm³/mol. The van der Waals surface area contributed by atoms with E-state index >= 15 is 0 Å². The molecule has 6 nitrogen and oxygen atoms in total. The number of sulfone groups is 1. The summed E-state index contributed by atoms with van der Waals surface area (Å²) in [6.45, 7) is 2.49. The highest BCUT2D eigenvalue weighted by atomic mass is 32.2. The first kappa shape index (κ1) is 15.5. The summed E-state index contributed by atoms with van der Waals surface area (Å²) in [7, 11) is -2.95. The quantitative estimate of drug-likeness (QED) is 0.884. The molecule has 1 N–H and O–H groups in total. The number of carbonyl (C=O) groups excluding carboxylic acids is 1. The van der Waals surface area contributed by atoms with Gasteiger partial charge in [-0.25, -0.2) is 8.42 Å². The molecule has 2 rings (SSSR count). The van der Waals surface area contributed by atoms with Crippen LogP contribution in [0.3, 0.4) is 0 Å². The van der Waals surface area contributed by atoms with E-state index in [9.17, 15) is 13.2 Å². The lowest BCUT2D eigenvalue weighted by molar-refractivity contribution is -0.120. The Hall–Kier alpha value is -1.91. The van der Waals surface area contributed by atoms with Crippen molar-refractivity contribution in [3.8, 4) is 6.07 Å². The summed E-state index contributed by atoms with van der Waals surface area (Å²) in [5.41, 5.74) is 1.04. The Labute approximate surface area is 124 Å². The fourth-order valence-electron chi connectivity index (χ4n) is 2.19. The van der Waals surface area contributed by atoms with Crippen LogP contribution >= 0.6 is 0 Å². The van der Waals surface area contributed by atoms with E-state index in [4.69, 9.17) is 5.26 Å². The second-order valence-corrected chi connectivity index (χ2v) is 7.35. The highest BCUT2D eigenvalue weighted by Gasteiger charge is 2.28. The first-order valence-corrected chi connectivity index (χ1v) is 8.49. The van der Waals surface area contributed by atoms with Gasteiger partial charge in [0.05, 0.1) is 29.2 Å². The molecule has 1 aromatic carbocycles. The second-order valence-electron chi connectivity index (χ2n) is 5.05. The van der Waals surface area contributed by atoms with E-state index in [0.717, 1.165) is 0 Å². The van der Waals surface area contributed by atoms with Crippen molar-refractivity contribution in [2.45, 2.75) is 13.0 Å². The van der Waals surface area contributed by atoms with Crippen LogP contribution in [0.5, 0.6) is 0 Å². The normalized spacial score (nSPS) is 19.4. The summed E-state index contributed by atoms with van der Waals surface area (Å²) in [5.74, 6) is -0.0207. The lowest BCUT2D eigenvalue weighted by atomic mass is 10.2. The van der Waals surface area contributed by atoms with Gasteiger partial charge in [-0.05, 0) is 25.1 Å². The van der Waals surface area contributed by atoms with Gasteiger partial charge in [0.2, 0.25) is 5.91 Å². The Balaban J connectivity index is 1.98. The Kier molecular flexibility index (Phi) is 4.60. The molecule has 0 saturated carbocycles. The molecule has 1 aromatic rings. The largest absolute Gasteiger partial charge is 0.325 e. The number of anilines is 1. The van der Waals surface area contributed by atoms with Crippen LogP contribution in [-0.2, 0) is 14.6 Å². The van der Waals surface area contributed by atoms with E-state index in [1.54, 1.807) is 31.2 Å². The summed E-state index contributed by atoms with van der Waals surface area (Å²) < 4.78 is 22.8. The highest BCUT2D eigenvalue weighted by Crippen LogP contribution is 2.13. The molecule has 1 fully saturated rings. The van der Waals surface area contributed by atoms with E-state index < -0.39 is 15.9 Å². The molecule has 1 unspecified atom stereocenters. The summed E-state index contributed by atoms with van der Waals surface area (Å²) in [5, 5.41) is 11.6. The molecule has 1 amide bonds. The lowest BCUT2D eigenvalue weighted by Gasteiger charge is -2.31. The number of carbonyl (C=O) groups is 1. The maximum Gasteiger partial charge on any atom is 0.241 e. The SMILES string of the molecule is CC(C(=O)Nc1cccc(C#N)c1)N1CCS(=O)(=O)CC1. The van der Waals surface area contributed by atoms with E-state index in [1.807, 2.05) is 11.0 Å². The molecule has 1 aliphatic heterocycles. The van der Waals surface area contributed by atoms with Gasteiger partial charge >= 0.3 is 0 Å². The van der Waals surface area contributed by atoms with Gasteiger partial charge in [-0.15, -0.1) is 0 Å². The molecule has 0 bridgehead atoms. The third kappa shape index (κ3) is 4.03. The zero-order valence-electron chi connectivity index (χ0n) is 11.7. The number of benzene rings is 1. The smallest absolute Gasteiger partial charge is 0.241 e. The highest BCUT2D eigenvalue weighted by molar-refractivity contribution is 7.91. The number of nitrogens with one attached hydrogen (secondary N) is 1. The summed E-state index contributed by atoms with van der Waals surface area (Å²) in [6, 6.07) is 8.28. The minimum Gasteiger partial charge on any atom is -0.325 e. The number of nitrogens with zero attached hydrogens (tertiary/aromatic N) is 2. The van der Waals surface area contributed by atoms with Gasteiger partial charge in [0.25, 0.3) is 0 Å². The summed E-state index contributed by atoms with van der Waals surface area (Å²) in [4.78, 5) is 14.0. The van der Waals surface area contributed by atoms with Gasteiger partial charge in [0.1, 0.15) is 0 Å². The van der Waals surface area contributed by atoms with Crippen molar-refractivity contribution in [1.29, 1.82) is 5.26 Å². The molecule has 7 heteroatoms. The van der Waals surface area contributed by atoms with Gasteiger partial charge in [-0.3, -0.25) is 9.69 Å². The molecular formula is C14H17N3O3S. The summed E-state index contributed by atoms with van der Waals surface area (Å²) >= 11 is 0. The maximum atomic E-state index is 12.2. The summed E-state index contributed by atoms with van der Waals surface area (Å²) in [6.07, 6.45) is 0. The van der Waals surface area contributed by atoms with Gasteiger partial charge in [-0.2, -0.15) is 5.26 Å². The third-order valence-electron chi connectivity index (χ3n) is 3.57. The van der Waals surface area contributed by atoms with Crippen LogP contribution in [0.1, 0.15) is 12.5 Å². The first-order valence-electron chi connectivity index (χ1n) is 6.67. The van der Waals surface area contributed by atoms with Crippen molar-refractivity contribution in [3.05, 3.63) is 29.8 Å². The van der Waals surface area contributed by atoms with E-state index in [0.29, 0.717) is 24.3 Å². The van der Waals surface area contributed by atoms with Gasteiger partial charge in [0.15, 0.2) is 9.84 Å². The zero-order chi connectivity index (χ0) is 15.5. The third-order valence-corrected chi connectivity index (χ3v) is 5.17. The molecule has 0 spiro atoms. The zero-order valence-corrected chi connectivity index (χ0v) is 12.6. The standard InChI is InChI=1S/C14H17N3O3S/c1-11(17-5-7-21(19,20)8-6-17)14(18)16-13-4-2-3-12(9-13)10-15/h2-4,9,11H,5-8H2,1H3,(H,16,18). The molecule has 0 aromatic heterocycles. The van der Waals surface area contributed by atoms with E-state index in [1.165, 1.54) is 0 Å². The molecule has 0 aliphatic carbocycles. The van der Waals surface area contributed by atoms with Gasteiger partial charge in [0, 0.05) is 18.8 Å². The average molecular weight is 307 g/mol. The van der Waals surface area contributed by atoms with Crippen molar-refractivity contribution < 1.29 is 13.2 Å². The molecule has 21 heavy (non-hydrogen) atoms. The van der Waals surface area contributed by atoms with Crippen LogP contribution in [0.4, 0.5) is 5.69 Å². The van der Waals surface area contributed by atoms with Crippen LogP contribution in [0.25, 0.3) is 0 Å². The van der Waals surface area contributed by atoms with Crippen molar-refractivity contribution >= 4 is 21.4 Å². The Morgan fingerprint density at radius 1 is 1.38 bits per heavy atom. The monoisotopic (exact) mass is 307 g/mol. The number of rotatable bonds is 3. The van der Waals surface area contributed by atoms with Crippen LogP contribution in [0.2, 0.25) is 0 Å². The van der Waals surface area contributed by atoms with E-state index in [-0.39, 0.29) is 17.4 Å². The Morgan fingerprint density at radius 2 is 2.05 bits per heavy atom. The number of amides is 1. The van der Waals surface area contributed by atoms with E-state index in [2.05, 4.69) is 5.32 Å². The Morgan fingerprint density at radius 3 is 2.67 bits per heavy atom. The van der Waals surface area contributed by atoms with Crippen LogP contribution in [0, 0.1) is 11.3 Å². The molecule has 1 aliphatic rings. The number of hydrogen-bond donors (Lipinski definition) is 1. The van der Waals surface area contributed by atoms with Crippen LogP contribution in [0.15, 0.2) is 24.3 Å². The number of nitriles is 1. The predicted octanol–water partition coefficient (Wildman–Crippen LogP) is 0.616. The Bertz CT molecular complexity index is 665. The van der Waals surface area contributed by atoms with Crippen molar-refractivity contribution in [2.24, 2.45) is 0 Å². The molecule has 0 radical (unpaired) electrons. The minimum atomic E-state index is -2.95. The van der Waals surface area contributed by atoms with Crippen LogP contribution < -0.4 is 5.32 Å². The number of hydrogen-bond acceptors (Lipinski definition) is 5. The van der Waals surface area contributed by atoms with Crippen molar-refractivity contribution in [3.63, 3.8) is 0 Å². The molecule has 1 heterocycles. The van der Waals surface area contributed by atoms with Gasteiger partial charge < -0.3 is 5.32 Å². The topological polar surface area (TPSA) is 90.3 Å². The van der Waals surface area contributed by atoms with Crippen molar-refractivity contribution in [1.82, 2.24) is 4.90 Å². The molecule has 1 atom stereocenters. The first-order chi connectivity index (χ1) is 9.91. The molecule has 1 saturated heterocycles. The minimum absolute atomic E-state index is 0.0918. The maximum absolute atomic E-state index is 12.2. The fraction of sp³-hybridized carbons (Fsp3) is 0.429. The van der Waals surface area contributed by atoms with Crippen molar-refractivity contribution in [2.75, 3.05) is 29.9 Å². The lowest BCUT2D eigenvalue weighted by Crippen LogP contribution is -2.49. The molecular weight excluding hydrogens is 290 g/mol. The second kappa shape index (κ2) is 6.24. The van der Waals surface area contributed by atoms with Crippen LogP contribution in [-0.4, -0.2) is 49.9 Å².